The van der Waals surface area contributed by atoms with Gasteiger partial charge in [-0.15, -0.1) is 0 Å². The van der Waals surface area contributed by atoms with Gasteiger partial charge in [-0.3, -0.25) is 9.59 Å². The summed E-state index contributed by atoms with van der Waals surface area (Å²) < 4.78 is 0. The number of nitrogens with zero attached hydrogens (tertiary/aromatic N) is 1. The molecular formula is C13H15ClN2O2. The van der Waals surface area contributed by atoms with E-state index in [0.29, 0.717) is 29.4 Å². The van der Waals surface area contributed by atoms with Gasteiger partial charge in [0, 0.05) is 18.1 Å². The molecule has 5 heteroatoms. The van der Waals surface area contributed by atoms with Crippen LogP contribution in [0.2, 0.25) is 5.02 Å². The molecule has 1 aliphatic heterocycles. The van der Waals surface area contributed by atoms with Crippen molar-refractivity contribution >= 4 is 29.0 Å². The third-order valence-corrected chi connectivity index (χ3v) is 3.11. The Hall–Kier alpha value is -1.39. The second kappa shape index (κ2) is 5.50. The zero-order valence-corrected chi connectivity index (χ0v) is 11.0. The van der Waals surface area contributed by atoms with Crippen LogP contribution in [0.15, 0.2) is 18.2 Å². The zero-order chi connectivity index (χ0) is 13.1. The van der Waals surface area contributed by atoms with Gasteiger partial charge in [-0.2, -0.15) is 0 Å². The van der Waals surface area contributed by atoms with Gasteiger partial charge in [0.2, 0.25) is 0 Å². The number of carbonyl (C=O) groups is 2. The highest BCUT2D eigenvalue weighted by Crippen LogP contribution is 2.31. The number of rotatable bonds is 5. The largest absolute Gasteiger partial charge is 0.315 e. The number of hydrogen-bond acceptors (Lipinski definition) is 3. The summed E-state index contributed by atoms with van der Waals surface area (Å²) in [6, 6.07) is 4.90. The number of Topliss-reactive ketones (excluding diaryl/α,β-unsaturated/α-hetero) is 1. The van der Waals surface area contributed by atoms with E-state index in [4.69, 9.17) is 11.6 Å². The highest BCUT2D eigenvalue weighted by Gasteiger charge is 2.35. The molecule has 0 unspecified atom stereocenters. The van der Waals surface area contributed by atoms with E-state index in [1.54, 1.807) is 18.2 Å². The van der Waals surface area contributed by atoms with Crippen molar-refractivity contribution in [2.75, 3.05) is 24.5 Å². The van der Waals surface area contributed by atoms with Gasteiger partial charge in [0.1, 0.15) is 0 Å². The van der Waals surface area contributed by atoms with Crippen molar-refractivity contribution in [1.29, 1.82) is 0 Å². The lowest BCUT2D eigenvalue weighted by Gasteiger charge is -2.16. The first-order valence-electron chi connectivity index (χ1n) is 6.01. The van der Waals surface area contributed by atoms with Crippen LogP contribution in [0.25, 0.3) is 0 Å². The molecule has 0 saturated carbocycles. The maximum absolute atomic E-state index is 11.8. The normalized spacial score (nSPS) is 14.2. The predicted molar refractivity (Wildman–Crippen MR) is 71.3 cm³/mol. The molecule has 0 aromatic heterocycles. The minimum absolute atomic E-state index is 0.444. The topological polar surface area (TPSA) is 49.4 Å². The van der Waals surface area contributed by atoms with Crippen LogP contribution in [0.3, 0.4) is 0 Å². The SMILES string of the molecule is CCCNCCN1C(=O)C(=O)c2ccc(Cl)cc21. The van der Waals surface area contributed by atoms with E-state index in [2.05, 4.69) is 12.2 Å². The number of benzene rings is 1. The average molecular weight is 267 g/mol. The summed E-state index contributed by atoms with van der Waals surface area (Å²) in [4.78, 5) is 25.1. The molecule has 0 fully saturated rings. The molecule has 1 aliphatic rings. The van der Waals surface area contributed by atoms with Gasteiger partial charge in [-0.25, -0.2) is 0 Å². The summed E-state index contributed by atoms with van der Waals surface area (Å²) in [5, 5.41) is 3.73. The zero-order valence-electron chi connectivity index (χ0n) is 10.2. The number of hydrogen-bond donors (Lipinski definition) is 1. The van der Waals surface area contributed by atoms with Crippen LogP contribution in [0.4, 0.5) is 5.69 Å². The van der Waals surface area contributed by atoms with Gasteiger partial charge in [0.05, 0.1) is 11.3 Å². The second-order valence-electron chi connectivity index (χ2n) is 4.20. The molecular weight excluding hydrogens is 252 g/mol. The number of fused-ring (bicyclic) bond motifs is 1. The molecule has 2 rings (SSSR count). The van der Waals surface area contributed by atoms with E-state index in [-0.39, 0.29) is 0 Å². The molecule has 0 aliphatic carbocycles. The number of halogens is 1. The number of carbonyl (C=O) groups excluding carboxylic acids is 2. The summed E-state index contributed by atoms with van der Waals surface area (Å²) in [7, 11) is 0. The first-order valence-corrected chi connectivity index (χ1v) is 6.39. The van der Waals surface area contributed by atoms with Gasteiger partial charge in [0.25, 0.3) is 11.7 Å². The highest BCUT2D eigenvalue weighted by molar-refractivity contribution is 6.52. The second-order valence-corrected chi connectivity index (χ2v) is 4.63. The summed E-state index contributed by atoms with van der Waals surface area (Å²) in [6.07, 6.45) is 1.04. The molecule has 1 aromatic rings. The van der Waals surface area contributed by atoms with Crippen molar-refractivity contribution in [2.45, 2.75) is 13.3 Å². The van der Waals surface area contributed by atoms with Gasteiger partial charge in [-0.1, -0.05) is 18.5 Å². The van der Waals surface area contributed by atoms with E-state index in [1.165, 1.54) is 4.90 Å². The molecule has 0 bridgehead atoms. The van der Waals surface area contributed by atoms with E-state index in [0.717, 1.165) is 13.0 Å². The van der Waals surface area contributed by atoms with Crippen molar-refractivity contribution in [3.8, 4) is 0 Å². The molecule has 1 N–H and O–H groups in total. The smallest absolute Gasteiger partial charge is 0.299 e. The van der Waals surface area contributed by atoms with Crippen LogP contribution in [0.5, 0.6) is 0 Å². The Morgan fingerprint density at radius 2 is 2.06 bits per heavy atom. The number of nitrogens with one attached hydrogen (secondary N) is 1. The van der Waals surface area contributed by atoms with Crippen molar-refractivity contribution in [3.63, 3.8) is 0 Å². The van der Waals surface area contributed by atoms with Crippen LogP contribution >= 0.6 is 11.6 Å². The third kappa shape index (κ3) is 2.40. The minimum Gasteiger partial charge on any atom is -0.315 e. The average Bonchev–Trinajstić information content (AvgIpc) is 2.59. The molecule has 1 heterocycles. The van der Waals surface area contributed by atoms with Crippen LogP contribution < -0.4 is 10.2 Å². The Bertz CT molecular complexity index is 488. The molecule has 4 nitrogen and oxygen atoms in total. The first kappa shape index (κ1) is 13.1. The Kier molecular flexibility index (Phi) is 3.99. The molecule has 1 amide bonds. The van der Waals surface area contributed by atoms with Crippen molar-refractivity contribution < 1.29 is 9.59 Å². The molecule has 0 radical (unpaired) electrons. The highest BCUT2D eigenvalue weighted by atomic mass is 35.5. The standard InChI is InChI=1S/C13H15ClN2O2/c1-2-5-15-6-7-16-11-8-9(14)3-4-10(11)12(17)13(16)18/h3-4,8,15H,2,5-7H2,1H3. The molecule has 0 atom stereocenters. The van der Waals surface area contributed by atoms with Crippen molar-refractivity contribution in [2.24, 2.45) is 0 Å². The fourth-order valence-corrected chi connectivity index (χ4v) is 2.15. The van der Waals surface area contributed by atoms with E-state index in [1.807, 2.05) is 0 Å². The van der Waals surface area contributed by atoms with E-state index in [9.17, 15) is 9.59 Å². The third-order valence-electron chi connectivity index (χ3n) is 2.87. The maximum atomic E-state index is 11.8. The molecule has 18 heavy (non-hydrogen) atoms. The minimum atomic E-state index is -0.467. The lowest BCUT2D eigenvalue weighted by Crippen LogP contribution is -2.36. The van der Waals surface area contributed by atoms with Gasteiger partial charge in [0.15, 0.2) is 0 Å². The van der Waals surface area contributed by atoms with Gasteiger partial charge < -0.3 is 10.2 Å². The summed E-state index contributed by atoms with van der Waals surface area (Å²) in [5.74, 6) is -0.914. The van der Waals surface area contributed by atoms with Crippen molar-refractivity contribution in [1.82, 2.24) is 5.32 Å². The Labute approximate surface area is 111 Å². The monoisotopic (exact) mass is 266 g/mol. The van der Waals surface area contributed by atoms with E-state index >= 15 is 0 Å². The Morgan fingerprint density at radius 1 is 1.28 bits per heavy atom. The number of amides is 1. The summed E-state index contributed by atoms with van der Waals surface area (Å²) in [5.41, 5.74) is 1.07. The fraction of sp³-hybridized carbons (Fsp3) is 0.385. The lowest BCUT2D eigenvalue weighted by atomic mass is 10.1. The Morgan fingerprint density at radius 3 is 2.78 bits per heavy atom. The number of ketones is 1. The van der Waals surface area contributed by atoms with Gasteiger partial charge >= 0.3 is 0 Å². The van der Waals surface area contributed by atoms with Crippen molar-refractivity contribution in [3.05, 3.63) is 28.8 Å². The maximum Gasteiger partial charge on any atom is 0.299 e. The molecule has 1 aromatic carbocycles. The first-order chi connectivity index (χ1) is 8.65. The summed E-state index contributed by atoms with van der Waals surface area (Å²) in [6.45, 7) is 4.13. The van der Waals surface area contributed by atoms with Gasteiger partial charge in [-0.05, 0) is 31.2 Å². The quantitative estimate of drug-likeness (QED) is 0.654. The molecule has 0 spiro atoms. The summed E-state index contributed by atoms with van der Waals surface area (Å²) >= 11 is 5.90. The Balaban J connectivity index is 2.14. The van der Waals surface area contributed by atoms with Crippen LogP contribution in [0, 0.1) is 0 Å². The predicted octanol–water partition coefficient (Wildman–Crippen LogP) is 1.87. The van der Waals surface area contributed by atoms with E-state index < -0.39 is 11.7 Å². The molecule has 96 valence electrons. The number of anilines is 1. The fourth-order valence-electron chi connectivity index (χ4n) is 1.98. The van der Waals surface area contributed by atoms with Crippen LogP contribution in [-0.4, -0.2) is 31.3 Å². The van der Waals surface area contributed by atoms with Crippen LogP contribution in [-0.2, 0) is 4.79 Å². The lowest BCUT2D eigenvalue weighted by molar-refractivity contribution is -0.114. The van der Waals surface area contributed by atoms with Crippen LogP contribution in [0.1, 0.15) is 23.7 Å². The molecule has 0 saturated heterocycles.